The van der Waals surface area contributed by atoms with Crippen LogP contribution in [0.1, 0.15) is 32.6 Å². The van der Waals surface area contributed by atoms with E-state index in [9.17, 15) is 9.59 Å². The Hall–Kier alpha value is -1.98. The van der Waals surface area contributed by atoms with Crippen molar-refractivity contribution in [3.05, 3.63) is 24.5 Å². The lowest BCUT2D eigenvalue weighted by molar-refractivity contribution is -0.130. The number of nitrogens with one attached hydrogen (secondary N) is 1. The first kappa shape index (κ1) is 15.9. The molecule has 1 saturated carbocycles. The maximum atomic E-state index is 12.4. The number of urea groups is 1. The Morgan fingerprint density at radius 2 is 1.96 bits per heavy atom. The molecule has 1 aliphatic carbocycles. The highest BCUT2D eigenvalue weighted by Gasteiger charge is 2.36. The van der Waals surface area contributed by atoms with Gasteiger partial charge in [0.25, 0.3) is 0 Å². The van der Waals surface area contributed by atoms with Crippen LogP contribution in [0.2, 0.25) is 0 Å². The van der Waals surface area contributed by atoms with Crippen LogP contribution in [0.5, 0.6) is 0 Å². The lowest BCUT2D eigenvalue weighted by Crippen LogP contribution is -2.49. The van der Waals surface area contributed by atoms with Crippen molar-refractivity contribution in [3.63, 3.8) is 0 Å². The lowest BCUT2D eigenvalue weighted by Gasteiger charge is -2.30. The average molecular weight is 318 g/mol. The molecular weight excluding hydrogens is 292 g/mol. The molecule has 1 N–H and O–H groups in total. The number of likely N-dealkylation sites (tertiary alicyclic amines) is 1. The predicted molar refractivity (Wildman–Crippen MR) is 88.0 cm³/mol. The third-order valence-corrected chi connectivity index (χ3v) is 4.75. The van der Waals surface area contributed by atoms with Crippen LogP contribution >= 0.6 is 0 Å². The molecule has 1 aliphatic heterocycles. The maximum absolute atomic E-state index is 12.4. The van der Waals surface area contributed by atoms with Crippen molar-refractivity contribution < 1.29 is 9.59 Å². The third-order valence-electron chi connectivity index (χ3n) is 4.75. The molecule has 2 heterocycles. The van der Waals surface area contributed by atoms with E-state index in [2.05, 4.69) is 5.32 Å². The van der Waals surface area contributed by atoms with Gasteiger partial charge in [0.15, 0.2) is 0 Å². The summed E-state index contributed by atoms with van der Waals surface area (Å²) in [4.78, 5) is 28.1. The van der Waals surface area contributed by atoms with E-state index in [0.717, 1.165) is 38.8 Å². The Morgan fingerprint density at radius 3 is 2.61 bits per heavy atom. The SMILES string of the molecule is CC(=O)N(C[C@@H]1CCCN1C(=O)NCCn1cccc1)C1CC1. The number of carbonyl (C=O) groups excluding carboxylic acids is 2. The average Bonchev–Trinajstić information content (AvgIpc) is 3.03. The van der Waals surface area contributed by atoms with Gasteiger partial charge in [-0.15, -0.1) is 0 Å². The molecule has 0 bridgehead atoms. The van der Waals surface area contributed by atoms with Gasteiger partial charge in [0, 0.05) is 51.5 Å². The van der Waals surface area contributed by atoms with E-state index in [1.165, 1.54) is 0 Å². The van der Waals surface area contributed by atoms with E-state index < -0.39 is 0 Å². The van der Waals surface area contributed by atoms with Crippen molar-refractivity contribution in [2.24, 2.45) is 0 Å². The molecule has 126 valence electrons. The Bertz CT molecular complexity index is 539. The highest BCUT2D eigenvalue weighted by atomic mass is 16.2. The number of nitrogens with zero attached hydrogens (tertiary/aromatic N) is 3. The summed E-state index contributed by atoms with van der Waals surface area (Å²) in [6, 6.07) is 4.52. The molecule has 0 aromatic carbocycles. The van der Waals surface area contributed by atoms with Crippen molar-refractivity contribution in [2.75, 3.05) is 19.6 Å². The Balaban J connectivity index is 1.49. The molecular formula is C17H26N4O2. The zero-order chi connectivity index (χ0) is 16.2. The first-order chi connectivity index (χ1) is 11.1. The van der Waals surface area contributed by atoms with E-state index in [4.69, 9.17) is 0 Å². The van der Waals surface area contributed by atoms with E-state index in [-0.39, 0.29) is 18.0 Å². The van der Waals surface area contributed by atoms with Crippen LogP contribution in [0.25, 0.3) is 0 Å². The van der Waals surface area contributed by atoms with Crippen molar-refractivity contribution in [1.82, 2.24) is 19.7 Å². The van der Waals surface area contributed by atoms with Crippen molar-refractivity contribution in [3.8, 4) is 0 Å². The molecule has 1 aromatic heterocycles. The number of carbonyl (C=O) groups is 2. The van der Waals surface area contributed by atoms with Crippen LogP contribution in [0.15, 0.2) is 24.5 Å². The molecule has 1 aromatic rings. The fourth-order valence-electron chi connectivity index (χ4n) is 3.35. The minimum atomic E-state index is -0.000967. The largest absolute Gasteiger partial charge is 0.353 e. The van der Waals surface area contributed by atoms with Gasteiger partial charge in [0.05, 0.1) is 6.04 Å². The molecule has 1 saturated heterocycles. The van der Waals surface area contributed by atoms with Crippen LogP contribution in [-0.2, 0) is 11.3 Å². The highest BCUT2D eigenvalue weighted by molar-refractivity contribution is 5.76. The minimum absolute atomic E-state index is 0.000967. The van der Waals surface area contributed by atoms with Gasteiger partial charge in [0.2, 0.25) is 5.91 Å². The lowest BCUT2D eigenvalue weighted by atomic mass is 10.2. The van der Waals surface area contributed by atoms with Crippen LogP contribution in [0, 0.1) is 0 Å². The maximum Gasteiger partial charge on any atom is 0.317 e. The van der Waals surface area contributed by atoms with Gasteiger partial charge in [-0.25, -0.2) is 4.79 Å². The van der Waals surface area contributed by atoms with Gasteiger partial charge in [0.1, 0.15) is 0 Å². The summed E-state index contributed by atoms with van der Waals surface area (Å²) in [7, 11) is 0. The van der Waals surface area contributed by atoms with Gasteiger partial charge < -0.3 is 19.7 Å². The monoisotopic (exact) mass is 318 g/mol. The summed E-state index contributed by atoms with van der Waals surface area (Å²) in [6.45, 7) is 4.50. The number of hydrogen-bond acceptors (Lipinski definition) is 2. The Morgan fingerprint density at radius 1 is 1.22 bits per heavy atom. The van der Waals surface area contributed by atoms with Crippen molar-refractivity contribution in [2.45, 2.75) is 51.2 Å². The zero-order valence-corrected chi connectivity index (χ0v) is 13.8. The summed E-state index contributed by atoms with van der Waals surface area (Å²) in [6.07, 6.45) is 8.20. The summed E-state index contributed by atoms with van der Waals surface area (Å²) >= 11 is 0. The fourth-order valence-corrected chi connectivity index (χ4v) is 3.35. The normalized spacial score (nSPS) is 20.6. The summed E-state index contributed by atoms with van der Waals surface area (Å²) in [5.74, 6) is 0.132. The van der Waals surface area contributed by atoms with Gasteiger partial charge in [-0.1, -0.05) is 0 Å². The molecule has 6 heteroatoms. The van der Waals surface area contributed by atoms with Crippen LogP contribution < -0.4 is 5.32 Å². The van der Waals surface area contributed by atoms with Crippen molar-refractivity contribution in [1.29, 1.82) is 0 Å². The highest BCUT2D eigenvalue weighted by Crippen LogP contribution is 2.29. The second kappa shape index (κ2) is 7.06. The van der Waals surface area contributed by atoms with E-state index in [0.29, 0.717) is 19.1 Å². The van der Waals surface area contributed by atoms with Gasteiger partial charge in [-0.2, -0.15) is 0 Å². The van der Waals surface area contributed by atoms with E-state index >= 15 is 0 Å². The van der Waals surface area contributed by atoms with Crippen LogP contribution in [0.3, 0.4) is 0 Å². The zero-order valence-electron chi connectivity index (χ0n) is 13.8. The van der Waals surface area contributed by atoms with Crippen molar-refractivity contribution >= 4 is 11.9 Å². The van der Waals surface area contributed by atoms with Crippen LogP contribution in [0.4, 0.5) is 4.79 Å². The number of amides is 3. The standard InChI is InChI=1S/C17H26N4O2/c1-14(22)21(15-6-7-15)13-16-5-4-11-20(16)17(23)18-8-12-19-9-2-3-10-19/h2-3,9-10,15-16H,4-8,11-13H2,1H3,(H,18,23)/t16-/m0/s1. The summed E-state index contributed by atoms with van der Waals surface area (Å²) in [5, 5.41) is 3.00. The minimum Gasteiger partial charge on any atom is -0.353 e. The Kier molecular flexibility index (Phi) is 4.88. The number of aromatic nitrogens is 1. The van der Waals surface area contributed by atoms with Crippen LogP contribution in [-0.4, -0.2) is 58.0 Å². The molecule has 3 rings (SSSR count). The molecule has 2 aliphatic rings. The molecule has 2 fully saturated rings. The van der Waals surface area contributed by atoms with Gasteiger partial charge in [-0.3, -0.25) is 4.79 Å². The first-order valence-electron chi connectivity index (χ1n) is 8.57. The van der Waals surface area contributed by atoms with Gasteiger partial charge >= 0.3 is 6.03 Å². The fraction of sp³-hybridized carbons (Fsp3) is 0.647. The molecule has 1 atom stereocenters. The molecule has 6 nitrogen and oxygen atoms in total. The van der Waals surface area contributed by atoms with Gasteiger partial charge in [-0.05, 0) is 37.8 Å². The second-order valence-corrected chi connectivity index (χ2v) is 6.54. The number of rotatable bonds is 6. The first-order valence-corrected chi connectivity index (χ1v) is 8.57. The smallest absolute Gasteiger partial charge is 0.317 e. The quantitative estimate of drug-likeness (QED) is 0.867. The molecule has 0 spiro atoms. The molecule has 3 amide bonds. The molecule has 0 radical (unpaired) electrons. The van der Waals surface area contributed by atoms with E-state index in [1.54, 1.807) is 6.92 Å². The Labute approximate surface area is 137 Å². The number of hydrogen-bond donors (Lipinski definition) is 1. The summed E-state index contributed by atoms with van der Waals surface area (Å²) < 4.78 is 2.05. The third kappa shape index (κ3) is 4.06. The predicted octanol–water partition coefficient (Wildman–Crippen LogP) is 1.67. The van der Waals surface area contributed by atoms with E-state index in [1.807, 2.05) is 38.9 Å². The molecule has 0 unspecified atom stereocenters. The second-order valence-electron chi connectivity index (χ2n) is 6.54. The topological polar surface area (TPSA) is 57.6 Å². The molecule has 23 heavy (non-hydrogen) atoms. The summed E-state index contributed by atoms with van der Waals surface area (Å²) in [5.41, 5.74) is 0.